The Morgan fingerprint density at radius 2 is 1.90 bits per heavy atom. The maximum absolute atomic E-state index is 13.2. The fourth-order valence-corrected chi connectivity index (χ4v) is 2.82. The summed E-state index contributed by atoms with van der Waals surface area (Å²) in [4.78, 5) is 36.9. The summed E-state index contributed by atoms with van der Waals surface area (Å²) in [5.74, 6) is -1.04. The molecule has 0 heterocycles. The fraction of sp³-hybridized carbons (Fsp3) is 0.333. The topological polar surface area (TPSA) is 111 Å². The molecule has 0 bridgehead atoms. The Morgan fingerprint density at radius 1 is 1.23 bits per heavy atom. The first-order valence-electron chi connectivity index (χ1n) is 9.53. The maximum Gasteiger partial charge on any atom is 0.311 e. The highest BCUT2D eigenvalue weighted by Gasteiger charge is 2.26. The molecule has 2 rings (SSSR count). The second-order valence-electron chi connectivity index (χ2n) is 6.60. The summed E-state index contributed by atoms with van der Waals surface area (Å²) in [6.45, 7) is 3.42. The first kappa shape index (κ1) is 23.6. The number of nitrogens with zero attached hydrogens (tertiary/aromatic N) is 2. The van der Waals surface area contributed by atoms with E-state index in [1.807, 2.05) is 0 Å². The summed E-state index contributed by atoms with van der Waals surface area (Å²) in [5, 5.41) is 13.7. The van der Waals surface area contributed by atoms with Gasteiger partial charge in [0.15, 0.2) is 6.61 Å². The van der Waals surface area contributed by atoms with Gasteiger partial charge in [0.2, 0.25) is 11.7 Å². The molecule has 166 valence electrons. The smallest absolute Gasteiger partial charge is 0.311 e. The minimum atomic E-state index is -0.799. The fourth-order valence-electron chi connectivity index (χ4n) is 2.82. The lowest BCUT2D eigenvalue weighted by atomic mass is 10.1. The van der Waals surface area contributed by atoms with E-state index in [1.165, 1.54) is 54.5 Å². The molecule has 0 unspecified atom stereocenters. The van der Waals surface area contributed by atoms with Crippen LogP contribution in [-0.4, -0.2) is 47.9 Å². The van der Waals surface area contributed by atoms with Gasteiger partial charge in [-0.3, -0.25) is 19.7 Å². The molecule has 0 aliphatic heterocycles. The zero-order chi connectivity index (χ0) is 23.0. The summed E-state index contributed by atoms with van der Waals surface area (Å²) < 4.78 is 23.7. The van der Waals surface area contributed by atoms with Gasteiger partial charge in [-0.15, -0.1) is 0 Å². The number of halogens is 1. The molecule has 0 spiro atoms. The Kier molecular flexibility index (Phi) is 8.30. The Labute approximate surface area is 178 Å². The number of ether oxygens (including phenoxy) is 2. The number of carbonyl (C=O) groups is 2. The molecule has 2 aromatic rings. The van der Waals surface area contributed by atoms with Crippen LogP contribution in [0.25, 0.3) is 0 Å². The van der Waals surface area contributed by atoms with E-state index >= 15 is 0 Å². The minimum absolute atomic E-state index is 0.00573. The molecule has 1 atom stereocenters. The van der Waals surface area contributed by atoms with Gasteiger partial charge < -0.3 is 19.7 Å². The molecule has 2 amide bonds. The Morgan fingerprint density at radius 3 is 2.48 bits per heavy atom. The lowest BCUT2D eigenvalue weighted by Gasteiger charge is -2.28. The van der Waals surface area contributed by atoms with E-state index in [-0.39, 0.29) is 29.6 Å². The molecule has 0 aromatic heterocycles. The molecule has 0 saturated carbocycles. The molecule has 2 aromatic carbocycles. The summed E-state index contributed by atoms with van der Waals surface area (Å²) in [6.07, 6.45) is 0. The third-order valence-electron chi connectivity index (χ3n) is 4.49. The Balaban J connectivity index is 2.17. The first-order valence-corrected chi connectivity index (χ1v) is 9.53. The molecule has 9 nitrogen and oxygen atoms in total. The normalized spacial score (nSPS) is 11.4. The number of methoxy groups -OCH3 is 1. The van der Waals surface area contributed by atoms with Crippen LogP contribution in [-0.2, 0) is 16.1 Å². The van der Waals surface area contributed by atoms with Crippen LogP contribution in [0.1, 0.15) is 19.4 Å². The standard InChI is InChI=1S/C21H24FN3O6/c1-4-23-21(27)14(2)24(12-15-5-7-16(22)8-6-15)20(26)13-31-17-9-10-18(25(28)29)19(11-17)30-3/h5-11,14H,4,12-13H2,1-3H3,(H,23,27)/t14-/m1/s1. The van der Waals surface area contributed by atoms with Crippen molar-refractivity contribution >= 4 is 17.5 Å². The van der Waals surface area contributed by atoms with E-state index in [0.29, 0.717) is 12.1 Å². The first-order chi connectivity index (χ1) is 14.8. The van der Waals surface area contributed by atoms with Gasteiger partial charge in [-0.05, 0) is 37.6 Å². The minimum Gasteiger partial charge on any atom is -0.490 e. The lowest BCUT2D eigenvalue weighted by molar-refractivity contribution is -0.385. The number of benzene rings is 2. The molecule has 0 saturated heterocycles. The van der Waals surface area contributed by atoms with Crippen molar-refractivity contribution in [2.45, 2.75) is 26.4 Å². The van der Waals surface area contributed by atoms with Crippen molar-refractivity contribution in [3.63, 3.8) is 0 Å². The molecule has 0 aliphatic rings. The van der Waals surface area contributed by atoms with E-state index in [1.54, 1.807) is 13.8 Å². The number of nitro benzene ring substituents is 1. The van der Waals surface area contributed by atoms with Gasteiger partial charge in [-0.2, -0.15) is 0 Å². The molecular formula is C21H24FN3O6. The van der Waals surface area contributed by atoms with E-state index in [2.05, 4.69) is 5.32 Å². The third kappa shape index (κ3) is 6.39. The monoisotopic (exact) mass is 433 g/mol. The van der Waals surface area contributed by atoms with Crippen LogP contribution in [0.15, 0.2) is 42.5 Å². The average Bonchev–Trinajstić information content (AvgIpc) is 2.76. The zero-order valence-electron chi connectivity index (χ0n) is 17.5. The van der Waals surface area contributed by atoms with Crippen molar-refractivity contribution in [1.82, 2.24) is 10.2 Å². The van der Waals surface area contributed by atoms with E-state index < -0.39 is 29.3 Å². The number of hydrogen-bond acceptors (Lipinski definition) is 6. The molecule has 10 heteroatoms. The summed E-state index contributed by atoms with van der Waals surface area (Å²) in [6, 6.07) is 8.68. The van der Waals surface area contributed by atoms with Crippen molar-refractivity contribution < 1.29 is 28.4 Å². The average molecular weight is 433 g/mol. The molecule has 0 radical (unpaired) electrons. The number of likely N-dealkylation sites (N-methyl/N-ethyl adjacent to an activating group) is 1. The van der Waals surface area contributed by atoms with Crippen molar-refractivity contribution in [2.75, 3.05) is 20.3 Å². The third-order valence-corrected chi connectivity index (χ3v) is 4.49. The van der Waals surface area contributed by atoms with Gasteiger partial charge in [-0.25, -0.2) is 4.39 Å². The maximum atomic E-state index is 13.2. The van der Waals surface area contributed by atoms with Gasteiger partial charge >= 0.3 is 5.69 Å². The summed E-state index contributed by atoms with van der Waals surface area (Å²) in [5.41, 5.74) is 0.409. The summed E-state index contributed by atoms with van der Waals surface area (Å²) in [7, 11) is 1.29. The van der Waals surface area contributed by atoms with Crippen LogP contribution in [0.4, 0.5) is 10.1 Å². The van der Waals surface area contributed by atoms with Crippen LogP contribution in [0.3, 0.4) is 0 Å². The number of hydrogen-bond donors (Lipinski definition) is 1. The second-order valence-corrected chi connectivity index (χ2v) is 6.60. The van der Waals surface area contributed by atoms with Crippen LogP contribution >= 0.6 is 0 Å². The van der Waals surface area contributed by atoms with Crippen LogP contribution in [0, 0.1) is 15.9 Å². The molecule has 31 heavy (non-hydrogen) atoms. The van der Waals surface area contributed by atoms with Gasteiger partial charge in [-0.1, -0.05) is 12.1 Å². The number of nitro groups is 1. The van der Waals surface area contributed by atoms with Crippen molar-refractivity contribution in [3.8, 4) is 11.5 Å². The number of nitrogens with one attached hydrogen (secondary N) is 1. The highest BCUT2D eigenvalue weighted by molar-refractivity contribution is 5.87. The Bertz CT molecular complexity index is 935. The van der Waals surface area contributed by atoms with Crippen LogP contribution in [0.2, 0.25) is 0 Å². The van der Waals surface area contributed by atoms with E-state index in [4.69, 9.17) is 9.47 Å². The molecule has 0 aliphatic carbocycles. The zero-order valence-corrected chi connectivity index (χ0v) is 17.5. The Hall–Kier alpha value is -3.69. The van der Waals surface area contributed by atoms with E-state index in [0.717, 1.165) is 0 Å². The van der Waals surface area contributed by atoms with E-state index in [9.17, 15) is 24.1 Å². The highest BCUT2D eigenvalue weighted by Crippen LogP contribution is 2.30. The highest BCUT2D eigenvalue weighted by atomic mass is 19.1. The number of carbonyl (C=O) groups excluding carboxylic acids is 2. The predicted molar refractivity (Wildman–Crippen MR) is 110 cm³/mol. The van der Waals surface area contributed by atoms with Crippen LogP contribution in [0.5, 0.6) is 11.5 Å². The molecule has 1 N–H and O–H groups in total. The predicted octanol–water partition coefficient (Wildman–Crippen LogP) is 2.67. The molecule has 0 fully saturated rings. The van der Waals surface area contributed by atoms with Gasteiger partial charge in [0.05, 0.1) is 12.0 Å². The van der Waals surface area contributed by atoms with Crippen molar-refractivity contribution in [2.24, 2.45) is 0 Å². The van der Waals surface area contributed by atoms with Gasteiger partial charge in [0.1, 0.15) is 17.6 Å². The second kappa shape index (κ2) is 10.9. The van der Waals surface area contributed by atoms with Crippen molar-refractivity contribution in [1.29, 1.82) is 0 Å². The van der Waals surface area contributed by atoms with Crippen LogP contribution < -0.4 is 14.8 Å². The number of amides is 2. The lowest BCUT2D eigenvalue weighted by Crippen LogP contribution is -2.49. The molecular weight excluding hydrogens is 409 g/mol. The van der Waals surface area contributed by atoms with Gasteiger partial charge in [0, 0.05) is 25.2 Å². The SMILES string of the molecule is CCNC(=O)[C@@H](C)N(Cc1ccc(F)cc1)C(=O)COc1ccc([N+](=O)[O-])c(OC)c1. The number of rotatable bonds is 10. The largest absolute Gasteiger partial charge is 0.490 e. The van der Waals surface area contributed by atoms with Crippen molar-refractivity contribution in [3.05, 3.63) is 64.0 Å². The summed E-state index contributed by atoms with van der Waals surface area (Å²) >= 11 is 0. The van der Waals surface area contributed by atoms with Gasteiger partial charge in [0.25, 0.3) is 5.91 Å². The quantitative estimate of drug-likeness (QED) is 0.456.